The van der Waals surface area contributed by atoms with Crippen molar-refractivity contribution in [3.8, 4) is 0 Å². The molecule has 1 saturated heterocycles. The van der Waals surface area contributed by atoms with Crippen LogP contribution in [0.5, 0.6) is 0 Å². The number of furan rings is 1. The summed E-state index contributed by atoms with van der Waals surface area (Å²) in [6, 6.07) is 2.35. The third-order valence-electron chi connectivity index (χ3n) is 3.64. The average molecular weight is 250 g/mol. The minimum absolute atomic E-state index is 0.0988. The number of rotatable bonds is 3. The molecule has 1 aromatic heterocycles. The standard InChI is InChI=1S/C14H22N2O2/c1-4-12-9(2)8-13(18-12)14(17)16-11-6-5-7-15-10(11)3/h8,10-11,15H,4-7H2,1-3H3,(H,16,17). The molecule has 2 heterocycles. The molecular weight excluding hydrogens is 228 g/mol. The highest BCUT2D eigenvalue weighted by atomic mass is 16.4. The lowest BCUT2D eigenvalue weighted by Gasteiger charge is -2.30. The molecule has 4 heteroatoms. The molecule has 0 aliphatic carbocycles. The van der Waals surface area contributed by atoms with Crippen LogP contribution in [-0.4, -0.2) is 24.5 Å². The van der Waals surface area contributed by atoms with Gasteiger partial charge in [0.1, 0.15) is 5.76 Å². The molecule has 2 rings (SSSR count). The third-order valence-corrected chi connectivity index (χ3v) is 3.64. The molecule has 0 bridgehead atoms. The first kappa shape index (κ1) is 13.1. The summed E-state index contributed by atoms with van der Waals surface area (Å²) in [6.07, 6.45) is 2.95. The normalized spacial score (nSPS) is 23.9. The van der Waals surface area contributed by atoms with E-state index in [0.717, 1.165) is 37.1 Å². The van der Waals surface area contributed by atoms with Gasteiger partial charge in [-0.2, -0.15) is 0 Å². The number of hydrogen-bond donors (Lipinski definition) is 2. The minimum atomic E-state index is -0.0988. The van der Waals surface area contributed by atoms with Gasteiger partial charge in [-0.1, -0.05) is 6.92 Å². The van der Waals surface area contributed by atoms with Crippen LogP contribution in [0.1, 0.15) is 48.6 Å². The second-order valence-electron chi connectivity index (χ2n) is 5.04. The summed E-state index contributed by atoms with van der Waals surface area (Å²) >= 11 is 0. The van der Waals surface area contributed by atoms with E-state index >= 15 is 0 Å². The van der Waals surface area contributed by atoms with Crippen molar-refractivity contribution in [3.05, 3.63) is 23.2 Å². The first-order valence-corrected chi connectivity index (χ1v) is 6.75. The molecule has 100 valence electrons. The molecular formula is C14H22N2O2. The highest BCUT2D eigenvalue weighted by Crippen LogP contribution is 2.16. The molecule has 0 spiro atoms. The van der Waals surface area contributed by atoms with Crippen molar-refractivity contribution in [3.63, 3.8) is 0 Å². The topological polar surface area (TPSA) is 54.3 Å². The molecule has 1 fully saturated rings. The second kappa shape index (κ2) is 5.57. The lowest BCUT2D eigenvalue weighted by molar-refractivity contribution is 0.0890. The Balaban J connectivity index is 2.02. The van der Waals surface area contributed by atoms with Crippen molar-refractivity contribution in [2.24, 2.45) is 0 Å². The fourth-order valence-electron chi connectivity index (χ4n) is 2.46. The van der Waals surface area contributed by atoms with Gasteiger partial charge in [0, 0.05) is 18.5 Å². The van der Waals surface area contributed by atoms with Crippen LogP contribution in [0.15, 0.2) is 10.5 Å². The molecule has 1 aliphatic rings. The molecule has 2 atom stereocenters. The van der Waals surface area contributed by atoms with Crippen LogP contribution in [0.3, 0.4) is 0 Å². The molecule has 1 amide bonds. The van der Waals surface area contributed by atoms with Crippen molar-refractivity contribution >= 4 is 5.91 Å². The molecule has 1 aromatic rings. The summed E-state index contributed by atoms with van der Waals surface area (Å²) in [4.78, 5) is 12.1. The average Bonchev–Trinajstić information content (AvgIpc) is 2.73. The number of carbonyl (C=O) groups is 1. The first-order chi connectivity index (χ1) is 8.61. The van der Waals surface area contributed by atoms with E-state index in [1.165, 1.54) is 0 Å². The SMILES string of the molecule is CCc1oc(C(=O)NC2CCCNC2C)cc1C. The summed E-state index contributed by atoms with van der Waals surface area (Å²) < 4.78 is 5.57. The summed E-state index contributed by atoms with van der Waals surface area (Å²) in [5, 5.41) is 6.43. The number of hydrogen-bond acceptors (Lipinski definition) is 3. The Labute approximate surface area is 108 Å². The molecule has 18 heavy (non-hydrogen) atoms. The van der Waals surface area contributed by atoms with E-state index in [9.17, 15) is 4.79 Å². The van der Waals surface area contributed by atoms with E-state index in [-0.39, 0.29) is 11.9 Å². The van der Waals surface area contributed by atoms with Gasteiger partial charge in [0.05, 0.1) is 0 Å². The second-order valence-corrected chi connectivity index (χ2v) is 5.04. The number of amides is 1. The molecule has 0 radical (unpaired) electrons. The van der Waals surface area contributed by atoms with Crippen molar-refractivity contribution in [2.75, 3.05) is 6.54 Å². The van der Waals surface area contributed by atoms with Gasteiger partial charge in [-0.15, -0.1) is 0 Å². The molecule has 0 saturated carbocycles. The fraction of sp³-hybridized carbons (Fsp3) is 0.643. The van der Waals surface area contributed by atoms with Crippen LogP contribution in [-0.2, 0) is 6.42 Å². The van der Waals surface area contributed by atoms with Crippen LogP contribution < -0.4 is 10.6 Å². The van der Waals surface area contributed by atoms with Gasteiger partial charge >= 0.3 is 0 Å². The Morgan fingerprint density at radius 2 is 2.39 bits per heavy atom. The molecule has 2 N–H and O–H groups in total. The van der Waals surface area contributed by atoms with Crippen molar-refractivity contribution in [1.29, 1.82) is 0 Å². The van der Waals surface area contributed by atoms with E-state index < -0.39 is 0 Å². The Morgan fingerprint density at radius 1 is 1.61 bits per heavy atom. The quantitative estimate of drug-likeness (QED) is 0.863. The lowest BCUT2D eigenvalue weighted by Crippen LogP contribution is -2.51. The van der Waals surface area contributed by atoms with Gasteiger partial charge in [-0.3, -0.25) is 4.79 Å². The van der Waals surface area contributed by atoms with E-state index in [2.05, 4.69) is 17.6 Å². The maximum atomic E-state index is 12.1. The lowest BCUT2D eigenvalue weighted by atomic mass is 10.00. The highest BCUT2D eigenvalue weighted by Gasteiger charge is 2.24. The zero-order valence-electron chi connectivity index (χ0n) is 11.4. The van der Waals surface area contributed by atoms with Gasteiger partial charge < -0.3 is 15.1 Å². The number of piperidine rings is 1. The third kappa shape index (κ3) is 2.75. The Bertz CT molecular complexity index is 425. The predicted octanol–water partition coefficient (Wildman–Crippen LogP) is 2.02. The van der Waals surface area contributed by atoms with Crippen LogP contribution in [0.25, 0.3) is 0 Å². The van der Waals surface area contributed by atoms with Crippen LogP contribution in [0, 0.1) is 6.92 Å². The maximum absolute atomic E-state index is 12.1. The van der Waals surface area contributed by atoms with E-state index in [0.29, 0.717) is 11.8 Å². The number of aryl methyl sites for hydroxylation is 2. The van der Waals surface area contributed by atoms with Crippen LogP contribution >= 0.6 is 0 Å². The fourth-order valence-corrected chi connectivity index (χ4v) is 2.46. The molecule has 0 aromatic carbocycles. The summed E-state index contributed by atoms with van der Waals surface area (Å²) in [5.74, 6) is 1.23. The minimum Gasteiger partial charge on any atom is -0.456 e. The summed E-state index contributed by atoms with van der Waals surface area (Å²) in [7, 11) is 0. The van der Waals surface area contributed by atoms with Crippen LogP contribution in [0.2, 0.25) is 0 Å². The van der Waals surface area contributed by atoms with Gasteiger partial charge in [0.25, 0.3) is 5.91 Å². The maximum Gasteiger partial charge on any atom is 0.287 e. The molecule has 2 unspecified atom stereocenters. The van der Waals surface area contributed by atoms with Gasteiger partial charge in [-0.05, 0) is 44.9 Å². The van der Waals surface area contributed by atoms with Gasteiger partial charge in [0.2, 0.25) is 0 Å². The highest BCUT2D eigenvalue weighted by molar-refractivity contribution is 5.92. The largest absolute Gasteiger partial charge is 0.456 e. The number of carbonyl (C=O) groups excluding carboxylic acids is 1. The summed E-state index contributed by atoms with van der Waals surface area (Å²) in [5.41, 5.74) is 1.05. The van der Waals surface area contributed by atoms with Gasteiger partial charge in [-0.25, -0.2) is 0 Å². The Kier molecular flexibility index (Phi) is 4.07. The summed E-state index contributed by atoms with van der Waals surface area (Å²) in [6.45, 7) is 7.15. The Morgan fingerprint density at radius 3 is 3.00 bits per heavy atom. The van der Waals surface area contributed by atoms with Gasteiger partial charge in [0.15, 0.2) is 5.76 Å². The van der Waals surface area contributed by atoms with Crippen molar-refractivity contribution < 1.29 is 9.21 Å². The first-order valence-electron chi connectivity index (χ1n) is 6.75. The van der Waals surface area contributed by atoms with Crippen molar-refractivity contribution in [2.45, 2.75) is 52.1 Å². The Hall–Kier alpha value is -1.29. The smallest absolute Gasteiger partial charge is 0.287 e. The van der Waals surface area contributed by atoms with E-state index in [1.54, 1.807) is 0 Å². The molecule has 1 aliphatic heterocycles. The van der Waals surface area contributed by atoms with Crippen LogP contribution in [0.4, 0.5) is 0 Å². The number of nitrogens with one attached hydrogen (secondary N) is 2. The van der Waals surface area contributed by atoms with Crippen molar-refractivity contribution in [1.82, 2.24) is 10.6 Å². The monoisotopic (exact) mass is 250 g/mol. The van der Waals surface area contributed by atoms with E-state index in [4.69, 9.17) is 4.42 Å². The molecule has 4 nitrogen and oxygen atoms in total. The predicted molar refractivity (Wildman–Crippen MR) is 70.8 cm³/mol. The van der Waals surface area contributed by atoms with E-state index in [1.807, 2.05) is 19.9 Å². The zero-order chi connectivity index (χ0) is 13.1. The zero-order valence-corrected chi connectivity index (χ0v) is 11.4.